The fourth-order valence-corrected chi connectivity index (χ4v) is 2.80. The summed E-state index contributed by atoms with van der Waals surface area (Å²) in [4.78, 5) is 30.6. The van der Waals surface area contributed by atoms with Crippen LogP contribution in [-0.4, -0.2) is 48.0 Å². The summed E-state index contributed by atoms with van der Waals surface area (Å²) in [5.41, 5.74) is 1.31. The molecule has 2 amide bonds. The molecule has 1 fully saturated rings. The van der Waals surface area contributed by atoms with E-state index in [9.17, 15) is 9.59 Å². The highest BCUT2D eigenvalue weighted by atomic mass is 79.9. The Kier molecular flexibility index (Phi) is 5.22. The van der Waals surface area contributed by atoms with Crippen molar-refractivity contribution in [2.45, 2.75) is 0 Å². The summed E-state index contributed by atoms with van der Waals surface area (Å²) in [6.45, 7) is 2.18. The van der Waals surface area contributed by atoms with Crippen molar-refractivity contribution < 1.29 is 14.3 Å². The van der Waals surface area contributed by atoms with Gasteiger partial charge in [0.25, 0.3) is 11.8 Å². The van der Waals surface area contributed by atoms with Gasteiger partial charge >= 0.3 is 0 Å². The first-order valence-electron chi connectivity index (χ1n) is 7.53. The van der Waals surface area contributed by atoms with Crippen molar-refractivity contribution in [3.8, 4) is 0 Å². The molecule has 0 aliphatic carbocycles. The van der Waals surface area contributed by atoms with E-state index in [-0.39, 0.29) is 17.5 Å². The van der Waals surface area contributed by atoms with E-state index in [0.717, 1.165) is 4.47 Å². The molecule has 1 N–H and O–H groups in total. The average Bonchev–Trinajstić information content (AvgIpc) is 2.62. The second kappa shape index (κ2) is 7.55. The number of carbonyl (C=O) groups is 2. The van der Waals surface area contributed by atoms with Gasteiger partial charge in [0, 0.05) is 35.0 Å². The SMILES string of the molecule is O=C(Nc1cccc(Br)c1)c1cc(C(=O)N2CCOCC2)ccn1. The van der Waals surface area contributed by atoms with Gasteiger partial charge in [-0.1, -0.05) is 22.0 Å². The molecule has 2 aromatic rings. The van der Waals surface area contributed by atoms with Gasteiger partial charge in [0.15, 0.2) is 0 Å². The maximum absolute atomic E-state index is 12.5. The lowest BCUT2D eigenvalue weighted by molar-refractivity contribution is 0.0303. The molecule has 24 heavy (non-hydrogen) atoms. The summed E-state index contributed by atoms with van der Waals surface area (Å²) in [5.74, 6) is -0.470. The topological polar surface area (TPSA) is 71.5 Å². The summed E-state index contributed by atoms with van der Waals surface area (Å²) in [6.07, 6.45) is 1.48. The second-order valence-electron chi connectivity index (χ2n) is 5.30. The molecule has 0 bridgehead atoms. The minimum absolute atomic E-state index is 0.114. The molecule has 124 valence electrons. The molecule has 7 heteroatoms. The van der Waals surface area contributed by atoms with Crippen LogP contribution in [-0.2, 0) is 4.74 Å². The van der Waals surface area contributed by atoms with Crippen molar-refractivity contribution in [3.63, 3.8) is 0 Å². The largest absolute Gasteiger partial charge is 0.378 e. The Hall–Kier alpha value is -2.25. The number of benzene rings is 1. The third-order valence-electron chi connectivity index (χ3n) is 3.62. The zero-order chi connectivity index (χ0) is 16.9. The molecule has 0 saturated carbocycles. The standard InChI is InChI=1S/C17H16BrN3O3/c18-13-2-1-3-14(11-13)20-16(22)15-10-12(4-5-19-15)17(23)21-6-8-24-9-7-21/h1-5,10-11H,6-9H2,(H,20,22). The van der Waals surface area contributed by atoms with Crippen molar-refractivity contribution in [2.75, 3.05) is 31.6 Å². The molecule has 3 rings (SSSR count). The minimum atomic E-state index is -0.357. The quantitative estimate of drug-likeness (QED) is 0.875. The monoisotopic (exact) mass is 389 g/mol. The Balaban J connectivity index is 1.74. The first kappa shape index (κ1) is 16.6. The van der Waals surface area contributed by atoms with E-state index in [1.165, 1.54) is 12.3 Å². The summed E-state index contributed by atoms with van der Waals surface area (Å²) in [7, 11) is 0. The Bertz CT molecular complexity index is 760. The third-order valence-corrected chi connectivity index (χ3v) is 4.11. The fraction of sp³-hybridized carbons (Fsp3) is 0.235. The fourth-order valence-electron chi connectivity index (χ4n) is 2.40. The predicted molar refractivity (Wildman–Crippen MR) is 93.1 cm³/mol. The maximum atomic E-state index is 12.5. The van der Waals surface area contributed by atoms with Gasteiger partial charge in [-0.15, -0.1) is 0 Å². The number of aromatic nitrogens is 1. The van der Waals surface area contributed by atoms with Crippen molar-refractivity contribution in [1.29, 1.82) is 0 Å². The Morgan fingerprint density at radius 1 is 1.17 bits per heavy atom. The van der Waals surface area contributed by atoms with Gasteiger partial charge in [0.1, 0.15) is 5.69 Å². The number of amides is 2. The lowest BCUT2D eigenvalue weighted by Crippen LogP contribution is -2.40. The molecular weight excluding hydrogens is 374 g/mol. The van der Waals surface area contributed by atoms with Gasteiger partial charge < -0.3 is 15.0 Å². The van der Waals surface area contributed by atoms with Gasteiger partial charge in [-0.2, -0.15) is 0 Å². The summed E-state index contributed by atoms with van der Waals surface area (Å²) in [6, 6.07) is 10.4. The Morgan fingerprint density at radius 2 is 1.96 bits per heavy atom. The van der Waals surface area contributed by atoms with E-state index in [1.54, 1.807) is 23.1 Å². The first-order valence-corrected chi connectivity index (χ1v) is 8.33. The lowest BCUT2D eigenvalue weighted by atomic mass is 10.2. The molecule has 0 radical (unpaired) electrons. The third kappa shape index (κ3) is 3.98. The summed E-state index contributed by atoms with van der Waals surface area (Å²) < 4.78 is 6.11. The van der Waals surface area contributed by atoms with E-state index < -0.39 is 0 Å². The van der Waals surface area contributed by atoms with E-state index in [4.69, 9.17) is 4.74 Å². The van der Waals surface area contributed by atoms with Crippen molar-refractivity contribution >= 4 is 33.4 Å². The summed E-state index contributed by atoms with van der Waals surface area (Å²) in [5, 5.41) is 2.77. The van der Waals surface area contributed by atoms with E-state index in [0.29, 0.717) is 37.6 Å². The molecule has 1 aromatic heterocycles. The zero-order valence-electron chi connectivity index (χ0n) is 12.9. The van der Waals surface area contributed by atoms with Gasteiger partial charge in [0.2, 0.25) is 0 Å². The van der Waals surface area contributed by atoms with E-state index >= 15 is 0 Å². The van der Waals surface area contributed by atoms with Gasteiger partial charge in [0.05, 0.1) is 13.2 Å². The van der Waals surface area contributed by atoms with Gasteiger partial charge in [-0.3, -0.25) is 14.6 Å². The number of ether oxygens (including phenoxy) is 1. The Labute approximate surface area is 148 Å². The number of hydrogen-bond acceptors (Lipinski definition) is 4. The highest BCUT2D eigenvalue weighted by Crippen LogP contribution is 2.16. The molecule has 0 unspecified atom stereocenters. The molecule has 2 heterocycles. The molecule has 0 atom stereocenters. The molecule has 6 nitrogen and oxygen atoms in total. The number of morpholine rings is 1. The number of rotatable bonds is 3. The normalized spacial score (nSPS) is 14.3. The summed E-state index contributed by atoms with van der Waals surface area (Å²) >= 11 is 3.36. The van der Waals surface area contributed by atoms with E-state index in [2.05, 4.69) is 26.2 Å². The van der Waals surface area contributed by atoms with Crippen molar-refractivity contribution in [2.24, 2.45) is 0 Å². The van der Waals surface area contributed by atoms with Crippen LogP contribution in [0.15, 0.2) is 47.1 Å². The molecule has 0 spiro atoms. The predicted octanol–water partition coefficient (Wildman–Crippen LogP) is 2.57. The zero-order valence-corrected chi connectivity index (χ0v) is 14.5. The number of carbonyl (C=O) groups excluding carboxylic acids is 2. The average molecular weight is 390 g/mol. The Morgan fingerprint density at radius 3 is 2.71 bits per heavy atom. The van der Waals surface area contributed by atoms with Crippen LogP contribution in [0.1, 0.15) is 20.8 Å². The van der Waals surface area contributed by atoms with Crippen LogP contribution in [0.2, 0.25) is 0 Å². The minimum Gasteiger partial charge on any atom is -0.378 e. The first-order chi connectivity index (χ1) is 11.6. The van der Waals surface area contributed by atoms with Crippen molar-refractivity contribution in [3.05, 3.63) is 58.3 Å². The highest BCUT2D eigenvalue weighted by Gasteiger charge is 2.20. The van der Waals surface area contributed by atoms with Crippen molar-refractivity contribution in [1.82, 2.24) is 9.88 Å². The molecule has 1 aromatic carbocycles. The highest BCUT2D eigenvalue weighted by molar-refractivity contribution is 9.10. The number of nitrogens with one attached hydrogen (secondary N) is 1. The number of halogens is 1. The molecule has 1 aliphatic rings. The number of anilines is 1. The van der Waals surface area contributed by atoms with Crippen LogP contribution in [0.3, 0.4) is 0 Å². The van der Waals surface area contributed by atoms with Crippen LogP contribution < -0.4 is 5.32 Å². The number of nitrogens with zero attached hydrogens (tertiary/aromatic N) is 2. The van der Waals surface area contributed by atoms with E-state index in [1.807, 2.05) is 12.1 Å². The lowest BCUT2D eigenvalue weighted by Gasteiger charge is -2.26. The van der Waals surface area contributed by atoms with Gasteiger partial charge in [-0.05, 0) is 30.3 Å². The molecular formula is C17H16BrN3O3. The second-order valence-corrected chi connectivity index (χ2v) is 6.21. The number of pyridine rings is 1. The molecule has 1 saturated heterocycles. The smallest absolute Gasteiger partial charge is 0.274 e. The van der Waals surface area contributed by atoms with Crippen LogP contribution in [0.4, 0.5) is 5.69 Å². The van der Waals surface area contributed by atoms with Crippen LogP contribution in [0.25, 0.3) is 0 Å². The maximum Gasteiger partial charge on any atom is 0.274 e. The van der Waals surface area contributed by atoms with Crippen LogP contribution in [0.5, 0.6) is 0 Å². The van der Waals surface area contributed by atoms with Crippen LogP contribution >= 0.6 is 15.9 Å². The van der Waals surface area contributed by atoms with Crippen LogP contribution in [0, 0.1) is 0 Å². The molecule has 1 aliphatic heterocycles. The number of hydrogen-bond donors (Lipinski definition) is 1. The van der Waals surface area contributed by atoms with Gasteiger partial charge in [-0.25, -0.2) is 0 Å².